The van der Waals surface area contributed by atoms with Gasteiger partial charge in [-0.25, -0.2) is 0 Å². The van der Waals surface area contributed by atoms with Gasteiger partial charge in [0.25, 0.3) is 0 Å². The number of hydrogen-bond acceptors (Lipinski definition) is 4. The lowest BCUT2D eigenvalue weighted by atomic mass is 9.96. The van der Waals surface area contributed by atoms with E-state index in [2.05, 4.69) is 37.7 Å². The average Bonchev–Trinajstić information content (AvgIpc) is 2.71. The molecule has 2 N–H and O–H groups in total. The Balaban J connectivity index is 2.22. The first kappa shape index (κ1) is 15.9. The van der Waals surface area contributed by atoms with Crippen LogP contribution in [-0.4, -0.2) is 68.8 Å². The smallest absolute Gasteiger partial charge is 0.0773 e. The van der Waals surface area contributed by atoms with Crippen LogP contribution < -0.4 is 5.73 Å². The van der Waals surface area contributed by atoms with Crippen LogP contribution in [0.1, 0.15) is 26.7 Å². The topological polar surface area (TPSA) is 41.7 Å². The van der Waals surface area contributed by atoms with Crippen LogP contribution in [0.25, 0.3) is 0 Å². The van der Waals surface area contributed by atoms with Crippen LogP contribution in [-0.2, 0) is 4.74 Å². The SMILES string of the molecule is COC(C)(C)C(N)CCN(C)CC1CCN(C)C1. The maximum atomic E-state index is 6.18. The van der Waals surface area contributed by atoms with Gasteiger partial charge in [0.05, 0.1) is 5.60 Å². The molecule has 0 aliphatic carbocycles. The highest BCUT2D eigenvalue weighted by molar-refractivity contribution is 4.83. The molecule has 108 valence electrons. The lowest BCUT2D eigenvalue weighted by Gasteiger charge is -2.31. The molecule has 0 spiro atoms. The molecule has 0 aromatic heterocycles. The summed E-state index contributed by atoms with van der Waals surface area (Å²) in [5.41, 5.74) is 5.95. The van der Waals surface area contributed by atoms with E-state index < -0.39 is 0 Å². The van der Waals surface area contributed by atoms with Crippen LogP contribution in [0.15, 0.2) is 0 Å². The molecule has 2 unspecified atom stereocenters. The van der Waals surface area contributed by atoms with Gasteiger partial charge < -0.3 is 20.3 Å². The largest absolute Gasteiger partial charge is 0.377 e. The predicted octanol–water partition coefficient (Wildman–Crippen LogP) is 1.01. The third kappa shape index (κ3) is 4.84. The van der Waals surface area contributed by atoms with Crippen molar-refractivity contribution in [3.63, 3.8) is 0 Å². The Kier molecular flexibility index (Phi) is 6.05. The number of likely N-dealkylation sites (tertiary alicyclic amines) is 1. The first-order chi connectivity index (χ1) is 8.35. The minimum atomic E-state index is -0.228. The Hall–Kier alpha value is -0.160. The van der Waals surface area contributed by atoms with E-state index in [1.54, 1.807) is 7.11 Å². The monoisotopic (exact) mass is 257 g/mol. The van der Waals surface area contributed by atoms with Gasteiger partial charge in [-0.3, -0.25) is 0 Å². The molecule has 0 aromatic rings. The molecule has 0 amide bonds. The maximum Gasteiger partial charge on any atom is 0.0773 e. The standard InChI is InChI=1S/C14H31N3O/c1-14(2,18-5)13(15)7-9-17(4)11-12-6-8-16(3)10-12/h12-13H,6-11,15H2,1-5H3. The molecule has 2 atom stereocenters. The van der Waals surface area contributed by atoms with Crippen LogP contribution in [0.4, 0.5) is 0 Å². The van der Waals surface area contributed by atoms with Gasteiger partial charge in [0.2, 0.25) is 0 Å². The molecule has 1 aliphatic heterocycles. The second-order valence-corrected chi connectivity index (χ2v) is 6.38. The zero-order valence-electron chi connectivity index (χ0n) is 12.8. The fourth-order valence-corrected chi connectivity index (χ4v) is 2.57. The second-order valence-electron chi connectivity index (χ2n) is 6.38. The molecule has 1 fully saturated rings. The molecule has 4 heteroatoms. The average molecular weight is 257 g/mol. The molecule has 0 saturated carbocycles. The Labute approximate surface area is 112 Å². The van der Waals surface area contributed by atoms with E-state index >= 15 is 0 Å². The molecule has 1 saturated heterocycles. The summed E-state index contributed by atoms with van der Waals surface area (Å²) in [4.78, 5) is 4.83. The summed E-state index contributed by atoms with van der Waals surface area (Å²) < 4.78 is 5.43. The van der Waals surface area contributed by atoms with Crippen LogP contribution in [0.5, 0.6) is 0 Å². The zero-order chi connectivity index (χ0) is 13.8. The summed E-state index contributed by atoms with van der Waals surface area (Å²) in [7, 11) is 6.14. The van der Waals surface area contributed by atoms with Gasteiger partial charge in [-0.15, -0.1) is 0 Å². The van der Waals surface area contributed by atoms with Crippen LogP contribution in [0.2, 0.25) is 0 Å². The fourth-order valence-electron chi connectivity index (χ4n) is 2.57. The van der Waals surface area contributed by atoms with E-state index in [0.29, 0.717) is 0 Å². The zero-order valence-corrected chi connectivity index (χ0v) is 12.8. The number of ether oxygens (including phenoxy) is 1. The molecule has 18 heavy (non-hydrogen) atoms. The van der Waals surface area contributed by atoms with Gasteiger partial charge in [-0.2, -0.15) is 0 Å². The van der Waals surface area contributed by atoms with Crippen LogP contribution >= 0.6 is 0 Å². The normalized spacial score (nSPS) is 23.8. The van der Waals surface area contributed by atoms with Gasteiger partial charge in [0.15, 0.2) is 0 Å². The lowest BCUT2D eigenvalue weighted by Crippen LogP contribution is -2.46. The summed E-state index contributed by atoms with van der Waals surface area (Å²) >= 11 is 0. The lowest BCUT2D eigenvalue weighted by molar-refractivity contribution is -0.00341. The molecule has 0 bridgehead atoms. The molecular formula is C14H31N3O. The Morgan fingerprint density at radius 1 is 1.50 bits per heavy atom. The third-order valence-electron chi connectivity index (χ3n) is 4.30. The van der Waals surface area contributed by atoms with E-state index in [1.165, 1.54) is 26.1 Å². The maximum absolute atomic E-state index is 6.18. The van der Waals surface area contributed by atoms with Crippen molar-refractivity contribution in [3.8, 4) is 0 Å². The van der Waals surface area contributed by atoms with E-state index in [4.69, 9.17) is 10.5 Å². The fraction of sp³-hybridized carbons (Fsp3) is 1.00. The minimum absolute atomic E-state index is 0.0937. The molecule has 1 aliphatic rings. The first-order valence-electron chi connectivity index (χ1n) is 7.03. The molecular weight excluding hydrogens is 226 g/mol. The highest BCUT2D eigenvalue weighted by Gasteiger charge is 2.26. The molecule has 1 rings (SSSR count). The Morgan fingerprint density at radius 3 is 2.67 bits per heavy atom. The number of rotatable bonds is 7. The number of nitrogens with zero attached hydrogens (tertiary/aromatic N) is 2. The molecule has 1 heterocycles. The van der Waals surface area contributed by atoms with E-state index in [1.807, 2.05) is 0 Å². The van der Waals surface area contributed by atoms with Gasteiger partial charge in [-0.05, 0) is 59.8 Å². The number of hydrogen-bond donors (Lipinski definition) is 1. The van der Waals surface area contributed by atoms with E-state index in [9.17, 15) is 0 Å². The quantitative estimate of drug-likeness (QED) is 0.739. The van der Waals surface area contributed by atoms with Gasteiger partial charge in [0, 0.05) is 26.2 Å². The molecule has 0 radical (unpaired) electrons. The Morgan fingerprint density at radius 2 is 2.17 bits per heavy atom. The molecule has 0 aromatic carbocycles. The van der Waals surface area contributed by atoms with Crippen LogP contribution in [0, 0.1) is 5.92 Å². The first-order valence-corrected chi connectivity index (χ1v) is 7.03. The highest BCUT2D eigenvalue weighted by atomic mass is 16.5. The summed E-state index contributed by atoms with van der Waals surface area (Å²) in [6.07, 6.45) is 2.32. The van der Waals surface area contributed by atoms with Crippen molar-refractivity contribution in [2.24, 2.45) is 11.7 Å². The highest BCUT2D eigenvalue weighted by Crippen LogP contribution is 2.17. The van der Waals surface area contributed by atoms with Crippen molar-refractivity contribution in [2.75, 3.05) is 47.4 Å². The predicted molar refractivity (Wildman–Crippen MR) is 76.8 cm³/mol. The van der Waals surface area contributed by atoms with E-state index in [0.717, 1.165) is 18.9 Å². The summed E-state index contributed by atoms with van der Waals surface area (Å²) in [5, 5.41) is 0. The van der Waals surface area contributed by atoms with Crippen molar-refractivity contribution in [2.45, 2.75) is 38.3 Å². The third-order valence-corrected chi connectivity index (χ3v) is 4.30. The van der Waals surface area contributed by atoms with Crippen molar-refractivity contribution in [1.82, 2.24) is 9.80 Å². The summed E-state index contributed by atoms with van der Waals surface area (Å²) in [6.45, 7) is 8.83. The number of nitrogens with two attached hydrogens (primary N) is 1. The summed E-state index contributed by atoms with van der Waals surface area (Å²) in [6, 6.07) is 0.0937. The van der Waals surface area contributed by atoms with E-state index in [-0.39, 0.29) is 11.6 Å². The van der Waals surface area contributed by atoms with Crippen molar-refractivity contribution >= 4 is 0 Å². The molecule has 4 nitrogen and oxygen atoms in total. The Bertz CT molecular complexity index is 245. The van der Waals surface area contributed by atoms with Crippen LogP contribution in [0.3, 0.4) is 0 Å². The van der Waals surface area contributed by atoms with Crippen molar-refractivity contribution in [3.05, 3.63) is 0 Å². The minimum Gasteiger partial charge on any atom is -0.377 e. The van der Waals surface area contributed by atoms with Gasteiger partial charge in [0.1, 0.15) is 0 Å². The van der Waals surface area contributed by atoms with Crippen molar-refractivity contribution < 1.29 is 4.74 Å². The van der Waals surface area contributed by atoms with Gasteiger partial charge in [-0.1, -0.05) is 0 Å². The number of methoxy groups -OCH3 is 1. The second kappa shape index (κ2) is 6.85. The van der Waals surface area contributed by atoms with Crippen molar-refractivity contribution in [1.29, 1.82) is 0 Å². The van der Waals surface area contributed by atoms with Gasteiger partial charge >= 0.3 is 0 Å². The summed E-state index contributed by atoms with van der Waals surface area (Å²) in [5.74, 6) is 0.826.